The number of imidazole rings is 1. The highest BCUT2D eigenvalue weighted by Crippen LogP contribution is 2.41. The molecule has 30 heavy (non-hydrogen) atoms. The summed E-state index contributed by atoms with van der Waals surface area (Å²) in [6.45, 7) is 0. The molecule has 9 heteroatoms. The Balaban J connectivity index is 1.46. The number of para-hydroxylation sites is 1. The molecule has 0 bridgehead atoms. The number of thiazole rings is 1. The Morgan fingerprint density at radius 3 is 3.07 bits per heavy atom. The number of aryl methyl sites for hydroxylation is 2. The van der Waals surface area contributed by atoms with E-state index in [1.165, 1.54) is 17.4 Å². The van der Waals surface area contributed by atoms with Gasteiger partial charge in [0, 0.05) is 25.4 Å². The van der Waals surface area contributed by atoms with E-state index in [-0.39, 0.29) is 28.6 Å². The first-order chi connectivity index (χ1) is 14.5. The van der Waals surface area contributed by atoms with Gasteiger partial charge in [0.2, 0.25) is 0 Å². The lowest BCUT2D eigenvalue weighted by Crippen LogP contribution is -2.12. The molecule has 0 aliphatic heterocycles. The third kappa shape index (κ3) is 3.44. The van der Waals surface area contributed by atoms with E-state index >= 15 is 0 Å². The van der Waals surface area contributed by atoms with Crippen LogP contribution in [0.1, 0.15) is 51.9 Å². The van der Waals surface area contributed by atoms with E-state index in [4.69, 9.17) is 11.6 Å². The third-order valence-electron chi connectivity index (χ3n) is 5.70. The number of fused-ring (bicyclic) bond motifs is 2. The quantitative estimate of drug-likeness (QED) is 0.359. The zero-order valence-electron chi connectivity index (χ0n) is 16.2. The number of aromatic amines is 1. The van der Waals surface area contributed by atoms with Crippen LogP contribution in [0.3, 0.4) is 0 Å². The maximum absolute atomic E-state index is 14.2. The minimum atomic E-state index is -0.316. The lowest BCUT2D eigenvalue weighted by Gasteiger charge is -2.17. The number of carbonyl (C=O) groups excluding carboxylic acids is 1. The Hall–Kier alpha value is -2.58. The summed E-state index contributed by atoms with van der Waals surface area (Å²) >= 11 is 7.61. The van der Waals surface area contributed by atoms with Crippen LogP contribution >= 0.6 is 22.9 Å². The van der Waals surface area contributed by atoms with E-state index in [9.17, 15) is 9.18 Å². The van der Waals surface area contributed by atoms with Crippen molar-refractivity contribution in [1.82, 2.24) is 24.7 Å². The molecule has 1 unspecified atom stereocenters. The molecule has 0 amide bonds. The molecule has 3 aromatic heterocycles. The lowest BCUT2D eigenvalue weighted by atomic mass is 9.88. The molecule has 5 rings (SSSR count). The number of carbonyl (C=O) groups is 1. The normalized spacial score (nSPS) is 19.0. The second kappa shape index (κ2) is 7.59. The van der Waals surface area contributed by atoms with Crippen LogP contribution in [-0.4, -0.2) is 30.5 Å². The van der Waals surface area contributed by atoms with Crippen molar-refractivity contribution in [2.75, 3.05) is 0 Å². The summed E-state index contributed by atoms with van der Waals surface area (Å²) < 4.78 is 16.6. The molecule has 1 N–H and O–H groups in total. The van der Waals surface area contributed by atoms with Crippen molar-refractivity contribution in [1.29, 1.82) is 0 Å². The number of hydrogen-bond donors (Lipinski definition) is 1. The molecule has 0 saturated heterocycles. The van der Waals surface area contributed by atoms with Gasteiger partial charge in [-0.2, -0.15) is 5.10 Å². The number of rotatable bonds is 4. The summed E-state index contributed by atoms with van der Waals surface area (Å²) in [5.41, 5.74) is 2.87. The average molecular weight is 444 g/mol. The number of aromatic nitrogens is 5. The van der Waals surface area contributed by atoms with Crippen LogP contribution in [0.4, 0.5) is 4.39 Å². The van der Waals surface area contributed by atoms with Gasteiger partial charge in [-0.05, 0) is 37.3 Å². The smallest absolute Gasteiger partial charge is 0.167 e. The summed E-state index contributed by atoms with van der Waals surface area (Å²) in [4.78, 5) is 25.3. The summed E-state index contributed by atoms with van der Waals surface area (Å²) in [5.74, 6) is -0.263. The standard InChI is InChI=1S/C21H19ClFN5OS/c1-28-9-13(20(22)27-28)16(29)8-11-5-6-15-18(25-10-24-15)12(7-11)21-26-19-14(23)3-2-4-17(19)30-21/h2-4,9-12H,5-8H2,1H3,(H,24,25)/t11?,12-/m0/s1. The molecule has 4 aromatic rings. The monoisotopic (exact) mass is 443 g/mol. The number of halogens is 2. The zero-order chi connectivity index (χ0) is 20.8. The van der Waals surface area contributed by atoms with Crippen molar-refractivity contribution in [2.45, 2.75) is 31.6 Å². The van der Waals surface area contributed by atoms with E-state index in [0.29, 0.717) is 17.5 Å². The number of nitrogens with zero attached hydrogens (tertiary/aromatic N) is 4. The summed E-state index contributed by atoms with van der Waals surface area (Å²) in [6.07, 6.45) is 6.14. The number of hydrogen-bond acceptors (Lipinski definition) is 5. The van der Waals surface area contributed by atoms with Crippen LogP contribution in [0.5, 0.6) is 0 Å². The van der Waals surface area contributed by atoms with Crippen molar-refractivity contribution in [3.05, 3.63) is 63.7 Å². The predicted octanol–water partition coefficient (Wildman–Crippen LogP) is 4.90. The number of Topliss-reactive ketones (excluding diaryl/α,β-unsaturated/α-hetero) is 1. The molecule has 0 spiro atoms. The topological polar surface area (TPSA) is 76.5 Å². The van der Waals surface area contributed by atoms with Crippen molar-refractivity contribution < 1.29 is 9.18 Å². The molecular formula is C21H19ClFN5OS. The Kier molecular flexibility index (Phi) is 4.91. The minimum absolute atomic E-state index is 0.00860. The maximum Gasteiger partial charge on any atom is 0.167 e. The molecule has 0 fully saturated rings. The Morgan fingerprint density at radius 2 is 2.30 bits per heavy atom. The second-order valence-electron chi connectivity index (χ2n) is 7.73. The van der Waals surface area contributed by atoms with Crippen LogP contribution in [0.15, 0.2) is 30.7 Å². The number of benzene rings is 1. The first-order valence-electron chi connectivity index (χ1n) is 9.79. The van der Waals surface area contributed by atoms with Crippen molar-refractivity contribution in [3.8, 4) is 0 Å². The molecule has 0 radical (unpaired) electrons. The number of nitrogens with one attached hydrogen (secondary N) is 1. The van der Waals surface area contributed by atoms with Gasteiger partial charge >= 0.3 is 0 Å². The lowest BCUT2D eigenvalue weighted by molar-refractivity contribution is 0.0956. The van der Waals surface area contributed by atoms with E-state index < -0.39 is 0 Å². The highest BCUT2D eigenvalue weighted by Gasteiger charge is 2.32. The SMILES string of the molecule is Cn1cc(C(=O)CC2CCc3[nH]cnc3[C@@H](c3nc4c(F)cccc4s3)C2)c(Cl)n1. The Morgan fingerprint density at radius 1 is 1.43 bits per heavy atom. The highest BCUT2D eigenvalue weighted by molar-refractivity contribution is 7.18. The van der Waals surface area contributed by atoms with Gasteiger partial charge in [0.25, 0.3) is 0 Å². The van der Waals surface area contributed by atoms with Crippen LogP contribution in [-0.2, 0) is 13.5 Å². The van der Waals surface area contributed by atoms with Crippen molar-refractivity contribution in [3.63, 3.8) is 0 Å². The molecule has 1 aromatic carbocycles. The third-order valence-corrected chi connectivity index (χ3v) is 7.11. The first kappa shape index (κ1) is 19.4. The zero-order valence-corrected chi connectivity index (χ0v) is 17.8. The van der Waals surface area contributed by atoms with Gasteiger partial charge in [0.15, 0.2) is 10.9 Å². The van der Waals surface area contributed by atoms with Gasteiger partial charge in [0.1, 0.15) is 16.3 Å². The molecule has 3 heterocycles. The van der Waals surface area contributed by atoms with Crippen molar-refractivity contribution in [2.24, 2.45) is 13.0 Å². The molecule has 1 aliphatic carbocycles. The number of H-pyrrole nitrogens is 1. The molecule has 154 valence electrons. The van der Waals surface area contributed by atoms with Gasteiger partial charge in [-0.1, -0.05) is 17.7 Å². The van der Waals surface area contributed by atoms with Gasteiger partial charge < -0.3 is 4.98 Å². The van der Waals surface area contributed by atoms with E-state index in [2.05, 4.69) is 20.1 Å². The summed E-state index contributed by atoms with van der Waals surface area (Å²) in [6, 6.07) is 5.01. The largest absolute Gasteiger partial charge is 0.348 e. The number of ketones is 1. The van der Waals surface area contributed by atoms with Gasteiger partial charge in [-0.3, -0.25) is 9.48 Å². The molecule has 0 saturated carbocycles. The van der Waals surface area contributed by atoms with E-state index in [1.807, 2.05) is 6.07 Å². The summed E-state index contributed by atoms with van der Waals surface area (Å²) in [7, 11) is 1.74. The Bertz CT molecular complexity index is 1250. The minimum Gasteiger partial charge on any atom is -0.348 e. The molecule has 1 aliphatic rings. The van der Waals surface area contributed by atoms with E-state index in [1.54, 1.807) is 30.3 Å². The van der Waals surface area contributed by atoms with E-state index in [0.717, 1.165) is 40.4 Å². The van der Waals surface area contributed by atoms with Gasteiger partial charge in [0.05, 0.1) is 28.2 Å². The maximum atomic E-state index is 14.2. The van der Waals surface area contributed by atoms with Gasteiger partial charge in [-0.15, -0.1) is 11.3 Å². The molecular weight excluding hydrogens is 425 g/mol. The highest BCUT2D eigenvalue weighted by atomic mass is 35.5. The predicted molar refractivity (Wildman–Crippen MR) is 114 cm³/mol. The molecule has 6 nitrogen and oxygen atoms in total. The Labute approximate surface area is 181 Å². The average Bonchev–Trinajstić information content (AvgIpc) is 3.40. The van der Waals surface area contributed by atoms with Crippen LogP contribution < -0.4 is 0 Å². The first-order valence-corrected chi connectivity index (χ1v) is 11.0. The van der Waals surface area contributed by atoms with Crippen LogP contribution in [0.25, 0.3) is 10.2 Å². The fourth-order valence-corrected chi connectivity index (χ4v) is 5.62. The van der Waals surface area contributed by atoms with Gasteiger partial charge in [-0.25, -0.2) is 14.4 Å². The fraction of sp³-hybridized carbons (Fsp3) is 0.333. The summed E-state index contributed by atoms with van der Waals surface area (Å²) in [5, 5.41) is 5.14. The van der Waals surface area contributed by atoms with Crippen LogP contribution in [0, 0.1) is 11.7 Å². The van der Waals surface area contributed by atoms with Crippen molar-refractivity contribution >= 4 is 38.9 Å². The molecule has 2 atom stereocenters. The fourth-order valence-electron chi connectivity index (χ4n) is 4.25. The second-order valence-corrected chi connectivity index (χ2v) is 9.15. The van der Waals surface area contributed by atoms with Crippen LogP contribution in [0.2, 0.25) is 5.15 Å².